The van der Waals surface area contributed by atoms with Gasteiger partial charge in [-0.05, 0) is 41.0 Å². The van der Waals surface area contributed by atoms with Gasteiger partial charge in [0.25, 0.3) is 0 Å². The summed E-state index contributed by atoms with van der Waals surface area (Å²) in [5.41, 5.74) is 4.40. The molecule has 5 rings (SSSR count). The molecule has 6 nitrogen and oxygen atoms in total. The number of hydrogen-bond acceptors (Lipinski definition) is 3. The molecule has 0 aliphatic heterocycles. The van der Waals surface area contributed by atoms with Crippen molar-refractivity contribution in [3.05, 3.63) is 83.9 Å². The fourth-order valence-electron chi connectivity index (χ4n) is 3.71. The van der Waals surface area contributed by atoms with Crippen molar-refractivity contribution in [3.63, 3.8) is 0 Å². The third kappa shape index (κ3) is 3.00. The Kier molecular flexibility index (Phi) is 4.10. The van der Waals surface area contributed by atoms with E-state index in [1.807, 2.05) is 36.1 Å². The van der Waals surface area contributed by atoms with Crippen molar-refractivity contribution in [2.45, 2.75) is 6.54 Å². The van der Waals surface area contributed by atoms with Crippen molar-refractivity contribution in [1.82, 2.24) is 19.6 Å². The molecule has 0 unspecified atom stereocenters. The lowest BCUT2D eigenvalue weighted by Crippen LogP contribution is -2.05. The Bertz CT molecular complexity index is 1430. The highest BCUT2D eigenvalue weighted by Crippen LogP contribution is 2.27. The average Bonchev–Trinajstić information content (AvgIpc) is 3.32. The molecule has 0 amide bonds. The van der Waals surface area contributed by atoms with Crippen LogP contribution in [0.3, 0.4) is 0 Å². The number of carboxylic acid groups (broad SMARTS) is 1. The van der Waals surface area contributed by atoms with Crippen molar-refractivity contribution < 1.29 is 14.3 Å². The van der Waals surface area contributed by atoms with Gasteiger partial charge in [-0.1, -0.05) is 30.3 Å². The third-order valence-electron chi connectivity index (χ3n) is 5.32. The quantitative estimate of drug-likeness (QED) is 0.483. The number of aromatic nitrogens is 4. The maximum Gasteiger partial charge on any atom is 0.338 e. The van der Waals surface area contributed by atoms with Crippen LogP contribution in [0.1, 0.15) is 15.9 Å². The van der Waals surface area contributed by atoms with Crippen molar-refractivity contribution in [3.8, 4) is 11.1 Å². The lowest BCUT2D eigenvalue weighted by Gasteiger charge is -2.08. The molecule has 0 bridgehead atoms. The lowest BCUT2D eigenvalue weighted by molar-refractivity contribution is 0.0691. The van der Waals surface area contributed by atoms with Crippen LogP contribution < -0.4 is 0 Å². The molecule has 2 aromatic heterocycles. The van der Waals surface area contributed by atoms with Crippen LogP contribution in [0.5, 0.6) is 0 Å². The van der Waals surface area contributed by atoms with Crippen LogP contribution in [0.25, 0.3) is 32.9 Å². The molecule has 30 heavy (non-hydrogen) atoms. The minimum Gasteiger partial charge on any atom is -0.478 e. The fourth-order valence-corrected chi connectivity index (χ4v) is 3.71. The SMILES string of the molecule is Cn1ncc2ccc(-c3ccc4cnn(Cc5ccc(F)c(C(=O)O)c5)c4c3)cc21. The second-order valence-corrected chi connectivity index (χ2v) is 7.24. The topological polar surface area (TPSA) is 72.9 Å². The van der Waals surface area contributed by atoms with E-state index in [1.165, 1.54) is 12.1 Å². The van der Waals surface area contributed by atoms with E-state index in [9.17, 15) is 9.18 Å². The number of aryl methyl sites for hydroxylation is 1. The zero-order valence-electron chi connectivity index (χ0n) is 16.1. The van der Waals surface area contributed by atoms with Gasteiger partial charge in [0.1, 0.15) is 5.82 Å². The zero-order chi connectivity index (χ0) is 20.8. The average molecular weight is 400 g/mol. The number of hydrogen-bond donors (Lipinski definition) is 1. The summed E-state index contributed by atoms with van der Waals surface area (Å²) in [5.74, 6) is -2.03. The Labute approximate surface area is 170 Å². The summed E-state index contributed by atoms with van der Waals surface area (Å²) in [5, 5.41) is 19.9. The van der Waals surface area contributed by atoms with Crippen LogP contribution in [0.2, 0.25) is 0 Å². The van der Waals surface area contributed by atoms with E-state index < -0.39 is 11.8 Å². The Morgan fingerprint density at radius 3 is 2.33 bits per heavy atom. The molecule has 3 aromatic carbocycles. The van der Waals surface area contributed by atoms with E-state index in [4.69, 9.17) is 5.11 Å². The van der Waals surface area contributed by atoms with Gasteiger partial charge in [-0.25, -0.2) is 9.18 Å². The van der Waals surface area contributed by atoms with Gasteiger partial charge in [-0.2, -0.15) is 10.2 Å². The number of fused-ring (bicyclic) bond motifs is 2. The van der Waals surface area contributed by atoms with E-state index in [0.29, 0.717) is 12.1 Å². The first kappa shape index (κ1) is 18.1. The predicted molar refractivity (Wildman–Crippen MR) is 112 cm³/mol. The summed E-state index contributed by atoms with van der Waals surface area (Å²) in [6.07, 6.45) is 3.61. The smallest absolute Gasteiger partial charge is 0.338 e. The van der Waals surface area contributed by atoms with Gasteiger partial charge in [0, 0.05) is 17.8 Å². The van der Waals surface area contributed by atoms with Crippen molar-refractivity contribution in [2.24, 2.45) is 7.05 Å². The minimum absolute atomic E-state index is 0.339. The van der Waals surface area contributed by atoms with Gasteiger partial charge in [0.15, 0.2) is 0 Å². The first-order chi connectivity index (χ1) is 14.5. The summed E-state index contributed by atoms with van der Waals surface area (Å²) in [6, 6.07) is 16.4. The number of halogens is 1. The number of carbonyl (C=O) groups is 1. The monoisotopic (exact) mass is 400 g/mol. The maximum absolute atomic E-state index is 13.7. The first-order valence-corrected chi connectivity index (χ1v) is 9.39. The second kappa shape index (κ2) is 6.81. The van der Waals surface area contributed by atoms with Gasteiger partial charge < -0.3 is 5.11 Å². The van der Waals surface area contributed by atoms with Crippen LogP contribution in [0.15, 0.2) is 67.0 Å². The molecule has 0 spiro atoms. The molecule has 0 saturated heterocycles. The summed E-state index contributed by atoms with van der Waals surface area (Å²) in [6.45, 7) is 0.342. The van der Waals surface area contributed by atoms with Gasteiger partial charge in [-0.3, -0.25) is 9.36 Å². The minimum atomic E-state index is -1.28. The maximum atomic E-state index is 13.7. The zero-order valence-corrected chi connectivity index (χ0v) is 16.1. The molecule has 0 aliphatic rings. The molecule has 2 heterocycles. The molecule has 0 atom stereocenters. The summed E-state index contributed by atoms with van der Waals surface area (Å²) in [4.78, 5) is 11.2. The van der Waals surface area contributed by atoms with E-state index in [0.717, 1.165) is 32.9 Å². The summed E-state index contributed by atoms with van der Waals surface area (Å²) < 4.78 is 17.3. The summed E-state index contributed by atoms with van der Waals surface area (Å²) >= 11 is 0. The standard InChI is InChI=1S/C23H17FN4O2/c1-27-21-9-15(3-5-17(21)11-25-27)16-4-6-18-12-26-28(22(18)10-16)13-14-2-7-20(24)19(8-14)23(29)30/h2-12H,13H2,1H3,(H,29,30). The summed E-state index contributed by atoms with van der Waals surface area (Å²) in [7, 11) is 1.92. The number of aromatic carboxylic acids is 1. The number of carboxylic acids is 1. The Balaban J connectivity index is 1.55. The largest absolute Gasteiger partial charge is 0.478 e. The van der Waals surface area contributed by atoms with Gasteiger partial charge >= 0.3 is 5.97 Å². The Hall–Kier alpha value is -4.00. The first-order valence-electron chi connectivity index (χ1n) is 9.39. The molecule has 0 aliphatic carbocycles. The van der Waals surface area contributed by atoms with Crippen molar-refractivity contribution in [2.75, 3.05) is 0 Å². The molecular formula is C23H17FN4O2. The van der Waals surface area contributed by atoms with Crippen LogP contribution in [0, 0.1) is 5.82 Å². The van der Waals surface area contributed by atoms with Gasteiger partial charge in [0.05, 0.1) is 35.5 Å². The predicted octanol–water partition coefficient (Wildman–Crippen LogP) is 4.48. The highest BCUT2D eigenvalue weighted by atomic mass is 19.1. The van der Waals surface area contributed by atoms with E-state index >= 15 is 0 Å². The molecule has 0 saturated carbocycles. The molecule has 0 radical (unpaired) electrons. The van der Waals surface area contributed by atoms with Crippen LogP contribution in [0.4, 0.5) is 4.39 Å². The van der Waals surface area contributed by atoms with E-state index in [-0.39, 0.29) is 5.56 Å². The molecule has 148 valence electrons. The van der Waals surface area contributed by atoms with Crippen LogP contribution in [-0.4, -0.2) is 30.6 Å². The Morgan fingerprint density at radius 2 is 1.60 bits per heavy atom. The number of rotatable bonds is 4. The van der Waals surface area contributed by atoms with E-state index in [1.54, 1.807) is 16.9 Å². The third-order valence-corrected chi connectivity index (χ3v) is 5.32. The van der Waals surface area contributed by atoms with Crippen LogP contribution in [-0.2, 0) is 13.6 Å². The number of nitrogens with zero attached hydrogens (tertiary/aromatic N) is 4. The molecular weight excluding hydrogens is 383 g/mol. The number of benzene rings is 3. The van der Waals surface area contributed by atoms with E-state index in [2.05, 4.69) is 28.4 Å². The van der Waals surface area contributed by atoms with Crippen molar-refractivity contribution >= 4 is 27.8 Å². The molecule has 5 aromatic rings. The van der Waals surface area contributed by atoms with Gasteiger partial charge in [-0.15, -0.1) is 0 Å². The molecule has 7 heteroatoms. The van der Waals surface area contributed by atoms with Gasteiger partial charge in [0.2, 0.25) is 0 Å². The molecule has 1 N–H and O–H groups in total. The fraction of sp³-hybridized carbons (Fsp3) is 0.0870. The second-order valence-electron chi connectivity index (χ2n) is 7.24. The van der Waals surface area contributed by atoms with Crippen LogP contribution >= 0.6 is 0 Å². The molecule has 0 fully saturated rings. The lowest BCUT2D eigenvalue weighted by atomic mass is 10.0. The highest BCUT2D eigenvalue weighted by Gasteiger charge is 2.12. The highest BCUT2D eigenvalue weighted by molar-refractivity contribution is 5.89. The van der Waals surface area contributed by atoms with Crippen molar-refractivity contribution in [1.29, 1.82) is 0 Å². The normalized spacial score (nSPS) is 11.4. The Morgan fingerprint density at radius 1 is 0.933 bits per heavy atom.